The third-order valence-corrected chi connectivity index (χ3v) is 4.42. The lowest BCUT2D eigenvalue weighted by molar-refractivity contribution is -0.141. The molecule has 1 amide bonds. The van der Waals surface area contributed by atoms with E-state index < -0.39 is 17.8 Å². The summed E-state index contributed by atoms with van der Waals surface area (Å²) in [5.41, 5.74) is 1.30. The van der Waals surface area contributed by atoms with Crippen LogP contribution < -0.4 is 10.1 Å². The Kier molecular flexibility index (Phi) is 7.61. The van der Waals surface area contributed by atoms with Gasteiger partial charge in [-0.1, -0.05) is 35.9 Å². The summed E-state index contributed by atoms with van der Waals surface area (Å²) in [6.07, 6.45) is 0.442. The number of carbonyl (C=O) groups excluding carboxylic acids is 2. The second kappa shape index (κ2) is 9.92. The van der Waals surface area contributed by atoms with Crippen molar-refractivity contribution in [2.75, 3.05) is 14.2 Å². The topological polar surface area (TPSA) is 64.6 Å². The largest absolute Gasteiger partial charge is 0.494 e. The normalized spacial score (nSPS) is 11.6. The number of halogens is 2. The number of benzene rings is 2. The Morgan fingerprint density at radius 2 is 1.93 bits per heavy atom. The zero-order valence-corrected chi connectivity index (χ0v) is 15.9. The molecule has 2 aromatic carbocycles. The summed E-state index contributed by atoms with van der Waals surface area (Å²) in [5.74, 6) is -1.06. The molecule has 0 heterocycles. The summed E-state index contributed by atoms with van der Waals surface area (Å²) in [5, 5.41) is 3.25. The molecule has 0 saturated carbocycles. The first-order valence-corrected chi connectivity index (χ1v) is 8.75. The maximum atomic E-state index is 13.7. The lowest BCUT2D eigenvalue weighted by atomic mass is 10.0. The van der Waals surface area contributed by atoms with Gasteiger partial charge >= 0.3 is 5.97 Å². The molecule has 0 aliphatic rings. The van der Waals surface area contributed by atoms with Crippen molar-refractivity contribution in [2.45, 2.75) is 25.3 Å². The number of ether oxygens (including phenoxy) is 2. The fraction of sp³-hybridized carbons (Fsp3) is 0.300. The molecule has 0 fully saturated rings. The van der Waals surface area contributed by atoms with Crippen LogP contribution in [0.5, 0.6) is 5.75 Å². The highest BCUT2D eigenvalue weighted by atomic mass is 35.5. The number of aryl methyl sites for hydroxylation is 1. The average Bonchev–Trinajstić information content (AvgIpc) is 2.66. The zero-order valence-electron chi connectivity index (χ0n) is 15.1. The van der Waals surface area contributed by atoms with Crippen molar-refractivity contribution in [3.05, 3.63) is 64.4 Å². The molecule has 0 radical (unpaired) electrons. The zero-order chi connectivity index (χ0) is 19.8. The third-order valence-electron chi connectivity index (χ3n) is 4.07. The quantitative estimate of drug-likeness (QED) is 0.692. The van der Waals surface area contributed by atoms with Gasteiger partial charge in [-0.25, -0.2) is 4.39 Å². The molecule has 1 atom stereocenters. The predicted octanol–water partition coefficient (Wildman–Crippen LogP) is 3.84. The van der Waals surface area contributed by atoms with Crippen LogP contribution in [0, 0.1) is 5.82 Å². The molecular formula is C20H21ClFNO4. The van der Waals surface area contributed by atoms with Crippen LogP contribution in [0.2, 0.25) is 5.02 Å². The van der Waals surface area contributed by atoms with E-state index in [4.69, 9.17) is 21.1 Å². The Labute approximate surface area is 162 Å². The minimum absolute atomic E-state index is 0.0386. The molecule has 1 unspecified atom stereocenters. The van der Waals surface area contributed by atoms with Gasteiger partial charge in [-0.3, -0.25) is 9.59 Å². The Hall–Kier alpha value is -2.60. The van der Waals surface area contributed by atoms with Gasteiger partial charge < -0.3 is 14.8 Å². The Bertz CT molecular complexity index is 812. The highest BCUT2D eigenvalue weighted by Crippen LogP contribution is 2.26. The lowest BCUT2D eigenvalue weighted by Crippen LogP contribution is -2.30. The molecule has 144 valence electrons. The maximum Gasteiger partial charge on any atom is 0.307 e. The standard InChI is InChI=1S/C20H21ClFNO4/c1-26-18-9-7-13(11-16(18)22)8-10-19(24)23-17(12-20(25)27-2)14-5-3-4-6-15(14)21/h3-7,9,11,17H,8,10,12H2,1-2H3,(H,23,24). The number of esters is 1. The van der Waals surface area contributed by atoms with Crippen LogP contribution in [0.25, 0.3) is 0 Å². The van der Waals surface area contributed by atoms with Gasteiger partial charge in [-0.2, -0.15) is 0 Å². The molecule has 0 aliphatic carbocycles. The SMILES string of the molecule is COC(=O)CC(NC(=O)CCc1ccc(OC)c(F)c1)c1ccccc1Cl. The monoisotopic (exact) mass is 393 g/mol. The van der Waals surface area contributed by atoms with Crippen molar-refractivity contribution in [2.24, 2.45) is 0 Å². The van der Waals surface area contributed by atoms with E-state index in [0.717, 1.165) is 0 Å². The van der Waals surface area contributed by atoms with Crippen LogP contribution in [0.3, 0.4) is 0 Å². The second-order valence-corrected chi connectivity index (χ2v) is 6.30. The fourth-order valence-electron chi connectivity index (χ4n) is 2.64. The first kappa shape index (κ1) is 20.7. The summed E-state index contributed by atoms with van der Waals surface area (Å²) in [6, 6.07) is 10.9. The summed E-state index contributed by atoms with van der Waals surface area (Å²) in [6.45, 7) is 0. The van der Waals surface area contributed by atoms with Gasteiger partial charge in [0.1, 0.15) is 0 Å². The van der Waals surface area contributed by atoms with Gasteiger partial charge in [0.15, 0.2) is 11.6 Å². The third kappa shape index (κ3) is 5.96. The van der Waals surface area contributed by atoms with E-state index in [2.05, 4.69) is 5.32 Å². The number of methoxy groups -OCH3 is 2. The van der Waals surface area contributed by atoms with E-state index >= 15 is 0 Å². The van der Waals surface area contributed by atoms with Crippen LogP contribution >= 0.6 is 11.6 Å². The van der Waals surface area contributed by atoms with Gasteiger partial charge in [-0.05, 0) is 35.7 Å². The Morgan fingerprint density at radius 3 is 2.56 bits per heavy atom. The maximum absolute atomic E-state index is 13.7. The summed E-state index contributed by atoms with van der Waals surface area (Å²) in [7, 11) is 2.67. The Morgan fingerprint density at radius 1 is 1.19 bits per heavy atom. The predicted molar refractivity (Wildman–Crippen MR) is 100 cm³/mol. The Balaban J connectivity index is 2.04. The number of hydrogen-bond acceptors (Lipinski definition) is 4. The van der Waals surface area contributed by atoms with Gasteiger partial charge in [0.2, 0.25) is 5.91 Å². The molecule has 0 spiro atoms. The van der Waals surface area contributed by atoms with E-state index in [-0.39, 0.29) is 24.5 Å². The van der Waals surface area contributed by atoms with Crippen LogP contribution in [-0.4, -0.2) is 26.1 Å². The van der Waals surface area contributed by atoms with Gasteiger partial charge in [-0.15, -0.1) is 0 Å². The van der Waals surface area contributed by atoms with E-state index in [1.165, 1.54) is 26.4 Å². The van der Waals surface area contributed by atoms with Crippen molar-refractivity contribution in [1.82, 2.24) is 5.32 Å². The van der Waals surface area contributed by atoms with Crippen molar-refractivity contribution < 1.29 is 23.5 Å². The number of nitrogens with one attached hydrogen (secondary N) is 1. The minimum atomic E-state index is -0.605. The molecule has 0 saturated heterocycles. The molecule has 5 nitrogen and oxygen atoms in total. The van der Waals surface area contributed by atoms with Crippen molar-refractivity contribution in [3.8, 4) is 5.75 Å². The highest BCUT2D eigenvalue weighted by molar-refractivity contribution is 6.31. The van der Waals surface area contributed by atoms with E-state index in [0.29, 0.717) is 22.6 Å². The van der Waals surface area contributed by atoms with Crippen molar-refractivity contribution in [3.63, 3.8) is 0 Å². The fourth-order valence-corrected chi connectivity index (χ4v) is 2.90. The molecule has 1 N–H and O–H groups in total. The number of amides is 1. The molecule has 2 aromatic rings. The summed E-state index contributed by atoms with van der Waals surface area (Å²) in [4.78, 5) is 24.1. The van der Waals surface area contributed by atoms with E-state index in [1.54, 1.807) is 30.3 Å². The molecule has 2 rings (SSSR count). The first-order chi connectivity index (χ1) is 12.9. The smallest absolute Gasteiger partial charge is 0.307 e. The van der Waals surface area contributed by atoms with Gasteiger partial charge in [0.25, 0.3) is 0 Å². The van der Waals surface area contributed by atoms with E-state index in [9.17, 15) is 14.0 Å². The molecule has 0 bridgehead atoms. The second-order valence-electron chi connectivity index (χ2n) is 5.89. The van der Waals surface area contributed by atoms with Crippen LogP contribution in [0.15, 0.2) is 42.5 Å². The number of hydrogen-bond donors (Lipinski definition) is 1. The molecule has 7 heteroatoms. The van der Waals surface area contributed by atoms with Crippen molar-refractivity contribution in [1.29, 1.82) is 0 Å². The molecule has 27 heavy (non-hydrogen) atoms. The van der Waals surface area contributed by atoms with Crippen LogP contribution in [-0.2, 0) is 20.7 Å². The van der Waals surface area contributed by atoms with Crippen LogP contribution in [0.1, 0.15) is 30.0 Å². The summed E-state index contributed by atoms with van der Waals surface area (Å²) >= 11 is 6.19. The molecular weight excluding hydrogens is 373 g/mol. The highest BCUT2D eigenvalue weighted by Gasteiger charge is 2.21. The van der Waals surface area contributed by atoms with Gasteiger partial charge in [0, 0.05) is 11.4 Å². The minimum Gasteiger partial charge on any atom is -0.494 e. The first-order valence-electron chi connectivity index (χ1n) is 8.37. The average molecular weight is 394 g/mol. The molecule has 0 aromatic heterocycles. The van der Waals surface area contributed by atoms with Crippen LogP contribution in [0.4, 0.5) is 4.39 Å². The van der Waals surface area contributed by atoms with Crippen molar-refractivity contribution >= 4 is 23.5 Å². The van der Waals surface area contributed by atoms with E-state index in [1.807, 2.05) is 0 Å². The number of rotatable bonds is 8. The lowest BCUT2D eigenvalue weighted by Gasteiger charge is -2.19. The number of carbonyl (C=O) groups is 2. The molecule has 0 aliphatic heterocycles. The van der Waals surface area contributed by atoms with Gasteiger partial charge in [0.05, 0.1) is 26.7 Å². The summed E-state index contributed by atoms with van der Waals surface area (Å²) < 4.78 is 23.3.